The van der Waals surface area contributed by atoms with Crippen molar-refractivity contribution in [1.29, 1.82) is 16.1 Å². The van der Waals surface area contributed by atoms with Crippen LogP contribution in [0.1, 0.15) is 0 Å². The predicted molar refractivity (Wildman–Crippen MR) is 50.9 cm³/mol. The Labute approximate surface area is 86.2 Å². The first kappa shape index (κ1) is 10.5. The van der Waals surface area contributed by atoms with E-state index in [-0.39, 0.29) is 0 Å². The SMILES string of the molecule is N#CC(C#N)Oc1ccc(NN=N)cc1. The lowest BCUT2D eigenvalue weighted by Gasteiger charge is -2.05. The molecule has 0 bridgehead atoms. The minimum absolute atomic E-state index is 0.415. The van der Waals surface area contributed by atoms with Gasteiger partial charge in [0, 0.05) is 0 Å². The molecule has 15 heavy (non-hydrogen) atoms. The third-order valence-corrected chi connectivity index (χ3v) is 1.53. The topological polar surface area (TPSA) is 105 Å². The van der Waals surface area contributed by atoms with E-state index in [1.165, 1.54) is 0 Å². The van der Waals surface area contributed by atoms with Crippen molar-refractivity contribution in [2.24, 2.45) is 5.22 Å². The first-order valence-corrected chi connectivity index (χ1v) is 3.98. The van der Waals surface area contributed by atoms with Crippen LogP contribution >= 0.6 is 0 Å². The summed E-state index contributed by atoms with van der Waals surface area (Å²) in [5.41, 5.74) is 9.61. The van der Waals surface area contributed by atoms with Gasteiger partial charge in [0.15, 0.2) is 0 Å². The van der Waals surface area contributed by atoms with Gasteiger partial charge in [-0.05, 0) is 24.3 Å². The van der Waals surface area contributed by atoms with E-state index >= 15 is 0 Å². The number of nitrogens with zero attached hydrogens (tertiary/aromatic N) is 3. The Morgan fingerprint density at radius 2 is 1.87 bits per heavy atom. The second-order valence-corrected chi connectivity index (χ2v) is 2.50. The van der Waals surface area contributed by atoms with Crippen LogP contribution in [0.15, 0.2) is 29.5 Å². The summed E-state index contributed by atoms with van der Waals surface area (Å²) in [6.07, 6.45) is -1.11. The van der Waals surface area contributed by atoms with Gasteiger partial charge in [0.05, 0.1) is 5.69 Å². The molecule has 6 heteroatoms. The summed E-state index contributed by atoms with van der Waals surface area (Å²) >= 11 is 0. The maximum absolute atomic E-state index is 8.48. The average Bonchev–Trinajstić information content (AvgIpc) is 2.28. The van der Waals surface area contributed by atoms with E-state index in [2.05, 4.69) is 10.6 Å². The van der Waals surface area contributed by atoms with Crippen LogP contribution in [0.4, 0.5) is 5.69 Å². The summed E-state index contributed by atoms with van der Waals surface area (Å²) < 4.78 is 5.02. The molecular formula is C9H7N5O. The van der Waals surface area contributed by atoms with Gasteiger partial charge in [-0.2, -0.15) is 16.1 Å². The maximum atomic E-state index is 8.48. The molecule has 2 N–H and O–H groups in total. The van der Waals surface area contributed by atoms with Crippen LogP contribution in [-0.4, -0.2) is 6.10 Å². The van der Waals surface area contributed by atoms with Gasteiger partial charge in [-0.25, -0.2) is 0 Å². The van der Waals surface area contributed by atoms with Gasteiger partial charge in [-0.3, -0.25) is 5.43 Å². The Hall–Kier alpha value is -2.60. The van der Waals surface area contributed by atoms with Crippen LogP contribution < -0.4 is 10.2 Å². The van der Waals surface area contributed by atoms with Crippen molar-refractivity contribution in [3.05, 3.63) is 24.3 Å². The molecule has 0 aromatic heterocycles. The number of hydrogen-bond donors (Lipinski definition) is 2. The molecule has 0 unspecified atom stereocenters. The maximum Gasteiger partial charge on any atom is 0.269 e. The fraction of sp³-hybridized carbons (Fsp3) is 0.111. The van der Waals surface area contributed by atoms with Crippen molar-refractivity contribution < 1.29 is 4.74 Å². The zero-order valence-electron chi connectivity index (χ0n) is 7.64. The molecule has 0 amide bonds. The Morgan fingerprint density at radius 3 is 2.33 bits per heavy atom. The first-order chi connectivity index (χ1) is 7.30. The van der Waals surface area contributed by atoms with Gasteiger partial charge in [-0.1, -0.05) is 5.22 Å². The molecule has 0 atom stereocenters. The lowest BCUT2D eigenvalue weighted by Crippen LogP contribution is -2.10. The molecule has 0 fully saturated rings. The summed E-state index contributed by atoms with van der Waals surface area (Å²) in [6.45, 7) is 0. The van der Waals surface area contributed by atoms with Gasteiger partial charge in [0.2, 0.25) is 0 Å². The third kappa shape index (κ3) is 2.98. The molecule has 74 valence electrons. The highest BCUT2D eigenvalue weighted by Crippen LogP contribution is 2.16. The summed E-state index contributed by atoms with van der Waals surface area (Å²) in [5.74, 6) is 0.415. The molecule has 1 rings (SSSR count). The lowest BCUT2D eigenvalue weighted by atomic mass is 10.3. The number of hydrogen-bond acceptors (Lipinski definition) is 5. The molecule has 0 saturated carbocycles. The minimum atomic E-state index is -1.11. The van der Waals surface area contributed by atoms with Crippen molar-refractivity contribution in [3.8, 4) is 17.9 Å². The van der Waals surface area contributed by atoms with Crippen LogP contribution in [0.3, 0.4) is 0 Å². The Kier molecular flexibility index (Phi) is 3.63. The first-order valence-electron chi connectivity index (χ1n) is 3.98. The van der Waals surface area contributed by atoms with Gasteiger partial charge < -0.3 is 4.74 Å². The van der Waals surface area contributed by atoms with Crippen molar-refractivity contribution in [1.82, 2.24) is 0 Å². The fourth-order valence-corrected chi connectivity index (χ4v) is 0.890. The summed E-state index contributed by atoms with van der Waals surface area (Å²) in [7, 11) is 0. The van der Waals surface area contributed by atoms with Crippen molar-refractivity contribution in [3.63, 3.8) is 0 Å². The quantitative estimate of drug-likeness (QED) is 0.572. The number of nitrogens with one attached hydrogen (secondary N) is 2. The highest BCUT2D eigenvalue weighted by atomic mass is 16.5. The van der Waals surface area contributed by atoms with Gasteiger partial charge in [-0.15, -0.1) is 0 Å². The Morgan fingerprint density at radius 1 is 1.27 bits per heavy atom. The molecule has 0 heterocycles. The summed E-state index contributed by atoms with van der Waals surface area (Å²) in [5, 5.41) is 19.9. The highest BCUT2D eigenvalue weighted by Gasteiger charge is 2.05. The standard InChI is InChI=1S/C9H7N5O/c10-5-9(6-11)15-8-3-1-7(2-4-8)13-14-12/h1-4,9H,(H2,12,13). The second-order valence-electron chi connectivity index (χ2n) is 2.50. The fourth-order valence-electron chi connectivity index (χ4n) is 0.890. The second kappa shape index (κ2) is 5.20. The number of anilines is 1. The largest absolute Gasteiger partial charge is 0.462 e. The van der Waals surface area contributed by atoms with Crippen LogP contribution in [0, 0.1) is 28.2 Å². The van der Waals surface area contributed by atoms with Crippen molar-refractivity contribution in [2.75, 3.05) is 5.43 Å². The minimum Gasteiger partial charge on any atom is -0.462 e. The average molecular weight is 201 g/mol. The molecule has 0 radical (unpaired) electrons. The number of nitriles is 2. The molecule has 0 spiro atoms. The molecule has 1 aromatic rings. The van der Waals surface area contributed by atoms with Gasteiger partial charge in [0.1, 0.15) is 17.9 Å². The summed E-state index contributed by atoms with van der Waals surface area (Å²) in [4.78, 5) is 0. The molecule has 0 aliphatic carbocycles. The number of rotatable bonds is 4. The van der Waals surface area contributed by atoms with E-state index in [9.17, 15) is 0 Å². The van der Waals surface area contributed by atoms with Crippen molar-refractivity contribution in [2.45, 2.75) is 6.10 Å². The highest BCUT2D eigenvalue weighted by molar-refractivity contribution is 5.45. The zero-order chi connectivity index (χ0) is 11.1. The van der Waals surface area contributed by atoms with Gasteiger partial charge in [0.25, 0.3) is 6.10 Å². The van der Waals surface area contributed by atoms with Crippen LogP contribution in [0.25, 0.3) is 0 Å². The van der Waals surface area contributed by atoms with Crippen molar-refractivity contribution >= 4 is 5.69 Å². The number of benzene rings is 1. The normalized spacial score (nSPS) is 8.73. The zero-order valence-corrected chi connectivity index (χ0v) is 7.64. The van der Waals surface area contributed by atoms with Crippen LogP contribution in [-0.2, 0) is 0 Å². The molecule has 0 aliphatic heterocycles. The molecule has 0 saturated heterocycles. The smallest absolute Gasteiger partial charge is 0.269 e. The van der Waals surface area contributed by atoms with Crippen LogP contribution in [0.2, 0.25) is 0 Å². The lowest BCUT2D eigenvalue weighted by molar-refractivity contribution is 0.309. The molecule has 6 nitrogen and oxygen atoms in total. The summed E-state index contributed by atoms with van der Waals surface area (Å²) in [6, 6.07) is 9.79. The van der Waals surface area contributed by atoms with E-state index < -0.39 is 6.10 Å². The monoisotopic (exact) mass is 201 g/mol. The molecular weight excluding hydrogens is 194 g/mol. The van der Waals surface area contributed by atoms with E-state index in [4.69, 9.17) is 20.8 Å². The van der Waals surface area contributed by atoms with E-state index in [0.29, 0.717) is 11.4 Å². The number of ether oxygens (including phenoxy) is 1. The Bertz CT molecular complexity index is 400. The van der Waals surface area contributed by atoms with Crippen LogP contribution in [0.5, 0.6) is 5.75 Å². The van der Waals surface area contributed by atoms with E-state index in [0.717, 1.165) is 0 Å². The molecule has 0 aliphatic rings. The third-order valence-electron chi connectivity index (χ3n) is 1.53. The van der Waals surface area contributed by atoms with E-state index in [1.54, 1.807) is 36.4 Å². The predicted octanol–water partition coefficient (Wildman–Crippen LogP) is 1.84. The Balaban J connectivity index is 2.69. The molecule has 1 aromatic carbocycles. The van der Waals surface area contributed by atoms with Gasteiger partial charge >= 0.3 is 0 Å². The van der Waals surface area contributed by atoms with E-state index in [1.807, 2.05) is 0 Å².